The van der Waals surface area contributed by atoms with Crippen LogP contribution in [0.2, 0.25) is 5.02 Å². The molecular formula is C28H28ClN3O5. The number of halogens is 1. The zero-order chi connectivity index (χ0) is 26.6. The van der Waals surface area contributed by atoms with Crippen molar-refractivity contribution < 1.29 is 24.6 Å². The molecule has 0 bridgehead atoms. The molecule has 0 radical (unpaired) electrons. The number of carbonyl (C=O) groups is 3. The minimum absolute atomic E-state index is 0.0305. The second kappa shape index (κ2) is 11.1. The normalized spacial score (nSPS) is 16.7. The fourth-order valence-electron chi connectivity index (χ4n) is 4.70. The van der Waals surface area contributed by atoms with Gasteiger partial charge >= 0.3 is 5.97 Å². The molecule has 1 aliphatic heterocycles. The summed E-state index contributed by atoms with van der Waals surface area (Å²) >= 11 is 6.11. The van der Waals surface area contributed by atoms with E-state index in [0.717, 1.165) is 11.1 Å². The number of carboxylic acid groups (broad SMARTS) is 1. The van der Waals surface area contributed by atoms with Crippen LogP contribution in [0.5, 0.6) is 0 Å². The molecule has 5 N–H and O–H groups in total. The molecule has 0 aliphatic carbocycles. The van der Waals surface area contributed by atoms with Crippen molar-refractivity contribution in [3.63, 3.8) is 0 Å². The Hall–Kier alpha value is -3.72. The molecule has 1 heterocycles. The number of amides is 2. The molecular weight excluding hydrogens is 494 g/mol. The fraction of sp³-hybridized carbons (Fsp3) is 0.250. The highest BCUT2D eigenvalue weighted by Crippen LogP contribution is 2.34. The van der Waals surface area contributed by atoms with E-state index in [1.807, 2.05) is 6.07 Å². The molecule has 0 spiro atoms. The molecule has 9 heteroatoms. The summed E-state index contributed by atoms with van der Waals surface area (Å²) in [6.07, 6.45) is 1.04. The Morgan fingerprint density at radius 3 is 2.32 bits per heavy atom. The maximum Gasteiger partial charge on any atom is 0.335 e. The average Bonchev–Trinajstić information content (AvgIpc) is 3.41. The van der Waals surface area contributed by atoms with Gasteiger partial charge in [0.2, 0.25) is 5.91 Å². The lowest BCUT2D eigenvalue weighted by molar-refractivity contribution is -0.152. The van der Waals surface area contributed by atoms with Gasteiger partial charge in [-0.15, -0.1) is 0 Å². The number of aromatic carboxylic acids is 1. The van der Waals surface area contributed by atoms with Crippen molar-refractivity contribution >= 4 is 29.4 Å². The Morgan fingerprint density at radius 2 is 1.68 bits per heavy atom. The standard InChI is InChI=1S/C28H28ClN3O5/c29-23-13-10-19(16-30)20(15-23)17-31-25(33)24-7-4-14-32(24)27(36)28(37,21-5-2-1-3-6-21)22-11-8-18(9-12-22)26(34)35/h1-3,5-6,8-13,15,24,37H,4,7,14,16-17,30H2,(H,31,33)(H,34,35)/t24-,28?/m0/s1. The molecule has 3 aromatic rings. The lowest BCUT2D eigenvalue weighted by Gasteiger charge is -2.34. The first-order valence-corrected chi connectivity index (χ1v) is 12.3. The van der Waals surface area contributed by atoms with Gasteiger partial charge in [-0.05, 0) is 59.4 Å². The predicted molar refractivity (Wildman–Crippen MR) is 139 cm³/mol. The van der Waals surface area contributed by atoms with Crippen LogP contribution < -0.4 is 11.1 Å². The molecule has 1 saturated heterocycles. The number of carboxylic acids is 1. The van der Waals surface area contributed by atoms with Crippen molar-refractivity contribution in [2.45, 2.75) is 37.6 Å². The van der Waals surface area contributed by atoms with Crippen LogP contribution in [0.15, 0.2) is 72.8 Å². The first-order valence-electron chi connectivity index (χ1n) is 11.9. The molecule has 8 nitrogen and oxygen atoms in total. The van der Waals surface area contributed by atoms with Crippen molar-refractivity contribution in [1.29, 1.82) is 0 Å². The van der Waals surface area contributed by atoms with Gasteiger partial charge in [0.05, 0.1) is 5.56 Å². The van der Waals surface area contributed by atoms with Crippen molar-refractivity contribution in [3.8, 4) is 0 Å². The van der Waals surface area contributed by atoms with Crippen LogP contribution >= 0.6 is 11.6 Å². The van der Waals surface area contributed by atoms with E-state index >= 15 is 0 Å². The molecule has 1 unspecified atom stereocenters. The third-order valence-electron chi connectivity index (χ3n) is 6.71. The summed E-state index contributed by atoms with van der Waals surface area (Å²) in [6.45, 7) is 0.787. The lowest BCUT2D eigenvalue weighted by Crippen LogP contribution is -2.53. The zero-order valence-corrected chi connectivity index (χ0v) is 20.8. The molecule has 2 amide bonds. The summed E-state index contributed by atoms with van der Waals surface area (Å²) in [7, 11) is 0. The Bertz CT molecular complexity index is 1300. The van der Waals surface area contributed by atoms with E-state index in [1.54, 1.807) is 42.5 Å². The van der Waals surface area contributed by atoms with Gasteiger partial charge < -0.3 is 26.2 Å². The monoisotopic (exact) mass is 521 g/mol. The fourth-order valence-corrected chi connectivity index (χ4v) is 4.89. The van der Waals surface area contributed by atoms with E-state index in [-0.39, 0.29) is 23.6 Å². The Morgan fingerprint density at radius 1 is 1.00 bits per heavy atom. The van der Waals surface area contributed by atoms with Gasteiger partial charge in [0, 0.05) is 24.7 Å². The first kappa shape index (κ1) is 26.3. The summed E-state index contributed by atoms with van der Waals surface area (Å²) in [6, 6.07) is 18.5. The highest BCUT2D eigenvalue weighted by atomic mass is 35.5. The number of hydrogen-bond acceptors (Lipinski definition) is 5. The second-order valence-electron chi connectivity index (χ2n) is 8.95. The summed E-state index contributed by atoms with van der Waals surface area (Å²) in [5.41, 5.74) is 5.90. The number of nitrogens with one attached hydrogen (secondary N) is 1. The molecule has 2 atom stereocenters. The summed E-state index contributed by atoms with van der Waals surface area (Å²) in [5.74, 6) is -2.11. The smallest absolute Gasteiger partial charge is 0.335 e. The van der Waals surface area contributed by atoms with Crippen molar-refractivity contribution in [2.24, 2.45) is 5.73 Å². The van der Waals surface area contributed by atoms with Crippen molar-refractivity contribution in [2.75, 3.05) is 6.54 Å². The number of carbonyl (C=O) groups excluding carboxylic acids is 2. The summed E-state index contributed by atoms with van der Waals surface area (Å²) in [5, 5.41) is 24.6. The number of benzene rings is 3. The van der Waals surface area contributed by atoms with E-state index in [9.17, 15) is 24.6 Å². The number of nitrogens with two attached hydrogens (primary N) is 1. The van der Waals surface area contributed by atoms with Crippen LogP contribution in [-0.4, -0.2) is 45.5 Å². The third-order valence-corrected chi connectivity index (χ3v) is 6.94. The summed E-state index contributed by atoms with van der Waals surface area (Å²) in [4.78, 5) is 39.9. The highest BCUT2D eigenvalue weighted by molar-refractivity contribution is 6.30. The average molecular weight is 522 g/mol. The number of rotatable bonds is 8. The topological polar surface area (TPSA) is 133 Å². The number of aliphatic hydroxyl groups is 1. The molecule has 1 fully saturated rings. The van der Waals surface area contributed by atoms with Crippen LogP contribution in [0.3, 0.4) is 0 Å². The van der Waals surface area contributed by atoms with Gasteiger partial charge in [0.1, 0.15) is 6.04 Å². The molecule has 4 rings (SSSR count). The van der Waals surface area contributed by atoms with Gasteiger partial charge in [-0.25, -0.2) is 4.79 Å². The van der Waals surface area contributed by atoms with Crippen molar-refractivity contribution in [1.82, 2.24) is 10.2 Å². The van der Waals surface area contributed by atoms with Crippen LogP contribution in [0.1, 0.15) is 45.5 Å². The SMILES string of the molecule is NCc1ccc(Cl)cc1CNC(=O)[C@@H]1CCCN1C(=O)C(O)(c1ccccc1)c1ccc(C(=O)O)cc1. The highest BCUT2D eigenvalue weighted by Gasteiger charge is 2.47. The Kier molecular flexibility index (Phi) is 7.92. The second-order valence-corrected chi connectivity index (χ2v) is 9.39. The van der Waals surface area contributed by atoms with Crippen LogP contribution in [0, 0.1) is 0 Å². The molecule has 192 valence electrons. The van der Waals surface area contributed by atoms with Gasteiger partial charge in [0.15, 0.2) is 5.60 Å². The molecule has 0 aromatic heterocycles. The maximum atomic E-state index is 14.0. The molecule has 37 heavy (non-hydrogen) atoms. The van der Waals surface area contributed by atoms with Crippen molar-refractivity contribution in [3.05, 3.63) is 106 Å². The third kappa shape index (κ3) is 5.36. The van der Waals surface area contributed by atoms with Gasteiger partial charge in [-0.2, -0.15) is 0 Å². The minimum atomic E-state index is -2.11. The maximum absolute atomic E-state index is 14.0. The van der Waals surface area contributed by atoms with Gasteiger partial charge in [-0.1, -0.05) is 60.1 Å². The molecule has 3 aromatic carbocycles. The largest absolute Gasteiger partial charge is 0.478 e. The van der Waals surface area contributed by atoms with Crippen LogP contribution in [0.25, 0.3) is 0 Å². The predicted octanol–water partition coefficient (Wildman–Crippen LogP) is 3.04. The number of nitrogens with zero attached hydrogens (tertiary/aromatic N) is 1. The summed E-state index contributed by atoms with van der Waals surface area (Å²) < 4.78 is 0. The number of hydrogen-bond donors (Lipinski definition) is 4. The van der Waals surface area contributed by atoms with E-state index in [4.69, 9.17) is 17.3 Å². The molecule has 1 aliphatic rings. The van der Waals surface area contributed by atoms with E-state index in [1.165, 1.54) is 29.2 Å². The number of likely N-dealkylation sites (tertiary alicyclic amines) is 1. The minimum Gasteiger partial charge on any atom is -0.478 e. The molecule has 0 saturated carbocycles. The van der Waals surface area contributed by atoms with Crippen LogP contribution in [0.4, 0.5) is 0 Å². The van der Waals surface area contributed by atoms with Gasteiger partial charge in [-0.3, -0.25) is 9.59 Å². The van der Waals surface area contributed by atoms with Gasteiger partial charge in [0.25, 0.3) is 5.91 Å². The zero-order valence-electron chi connectivity index (χ0n) is 20.1. The Labute approximate surface area is 219 Å². The lowest BCUT2D eigenvalue weighted by atomic mass is 9.84. The quantitative estimate of drug-likeness (QED) is 0.360. The van der Waals surface area contributed by atoms with E-state index < -0.39 is 23.5 Å². The van der Waals surface area contributed by atoms with E-state index in [2.05, 4.69) is 5.32 Å². The van der Waals surface area contributed by atoms with E-state index in [0.29, 0.717) is 36.5 Å². The first-order chi connectivity index (χ1) is 17.8. The van der Waals surface area contributed by atoms with Crippen LogP contribution in [-0.2, 0) is 28.3 Å². The Balaban J connectivity index is 1.61.